The Balaban J connectivity index is 1.05. The predicted octanol–water partition coefficient (Wildman–Crippen LogP) is 12.7. The average Bonchev–Trinajstić information content (AvgIpc) is 3.98. The molecule has 5 aromatic heterocycles. The van der Waals surface area contributed by atoms with Crippen LogP contribution in [0.3, 0.4) is 0 Å². The second kappa shape index (κ2) is 12.3. The Hall–Kier alpha value is -7.97. The van der Waals surface area contributed by atoms with Crippen LogP contribution in [0.5, 0.6) is 0 Å². The molecule has 0 aliphatic rings. The molecule has 8 heteroatoms. The summed E-state index contributed by atoms with van der Waals surface area (Å²) >= 11 is 0. The number of hydrogen-bond acceptors (Lipinski definition) is 8. The summed E-state index contributed by atoms with van der Waals surface area (Å²) in [6.45, 7) is 0. The van der Waals surface area contributed by atoms with Crippen LogP contribution < -0.4 is 0 Å². The molecule has 0 spiro atoms. The normalized spacial score (nSPS) is 11.9. The Kier molecular flexibility index (Phi) is 6.76. The molecule has 0 N–H and O–H groups in total. The van der Waals surface area contributed by atoms with Crippen molar-refractivity contribution in [2.24, 2.45) is 0 Å². The first-order chi connectivity index (χ1) is 28.2. The lowest BCUT2D eigenvalue weighted by atomic mass is 10.0. The standard InChI is InChI=1S/C49H27N5O3/c1-3-13-28(14-4-1)46-52-47(29-15-5-2-6-16-29)54-49(53-46)35-20-12-24-39-41(35)33-26-25-30(27-40(33)55-39)48-50-42-34-18-8-10-23-38(34)57-45(42)43(51-48)36-21-11-19-32-31-17-7-9-22-37(31)56-44(32)36/h1-27H. The molecule has 5 heterocycles. The van der Waals surface area contributed by atoms with Crippen LogP contribution in [0.25, 0.3) is 123 Å². The highest BCUT2D eigenvalue weighted by Gasteiger charge is 2.23. The summed E-state index contributed by atoms with van der Waals surface area (Å²) in [6, 6.07) is 54.2. The third kappa shape index (κ3) is 4.97. The Morgan fingerprint density at radius 2 is 0.895 bits per heavy atom. The van der Waals surface area contributed by atoms with Crippen molar-refractivity contribution in [3.63, 3.8) is 0 Å². The fraction of sp³-hybridized carbons (Fsp3) is 0. The van der Waals surface area contributed by atoms with E-state index in [1.54, 1.807) is 0 Å². The number of rotatable bonds is 5. The average molecular weight is 734 g/mol. The summed E-state index contributed by atoms with van der Waals surface area (Å²) in [5, 5.41) is 4.80. The molecular weight excluding hydrogens is 707 g/mol. The van der Waals surface area contributed by atoms with Gasteiger partial charge in [0.2, 0.25) is 0 Å². The second-order valence-corrected chi connectivity index (χ2v) is 14.0. The maximum absolute atomic E-state index is 6.60. The topological polar surface area (TPSA) is 104 Å². The highest BCUT2D eigenvalue weighted by molar-refractivity contribution is 6.14. The number of aromatic nitrogens is 5. The first kappa shape index (κ1) is 31.4. The first-order valence-corrected chi connectivity index (χ1v) is 18.7. The molecule has 0 atom stereocenters. The van der Waals surface area contributed by atoms with Gasteiger partial charge < -0.3 is 13.3 Å². The predicted molar refractivity (Wildman–Crippen MR) is 224 cm³/mol. The maximum Gasteiger partial charge on any atom is 0.180 e. The fourth-order valence-electron chi connectivity index (χ4n) is 7.92. The highest BCUT2D eigenvalue weighted by Crippen LogP contribution is 2.42. The van der Waals surface area contributed by atoms with Crippen molar-refractivity contribution in [2.75, 3.05) is 0 Å². The zero-order valence-electron chi connectivity index (χ0n) is 30.0. The van der Waals surface area contributed by atoms with E-state index in [0.717, 1.165) is 82.6 Å². The number of hydrogen-bond donors (Lipinski definition) is 0. The molecule has 0 aliphatic heterocycles. The monoisotopic (exact) mass is 733 g/mol. The van der Waals surface area contributed by atoms with Gasteiger partial charge in [-0.15, -0.1) is 0 Å². The van der Waals surface area contributed by atoms with E-state index in [9.17, 15) is 0 Å². The fourth-order valence-corrected chi connectivity index (χ4v) is 7.92. The van der Waals surface area contributed by atoms with Crippen molar-refractivity contribution in [1.82, 2.24) is 24.9 Å². The van der Waals surface area contributed by atoms with E-state index in [2.05, 4.69) is 18.2 Å². The molecule has 0 amide bonds. The molecule has 12 rings (SSSR count). The van der Waals surface area contributed by atoms with Crippen molar-refractivity contribution in [1.29, 1.82) is 0 Å². The van der Waals surface area contributed by atoms with Gasteiger partial charge in [0.25, 0.3) is 0 Å². The lowest BCUT2D eigenvalue weighted by Crippen LogP contribution is -2.00. The Labute approximate surface area is 323 Å². The van der Waals surface area contributed by atoms with Gasteiger partial charge in [-0.1, -0.05) is 121 Å². The van der Waals surface area contributed by atoms with Crippen molar-refractivity contribution in [3.8, 4) is 56.8 Å². The minimum atomic E-state index is 0.539. The van der Waals surface area contributed by atoms with Gasteiger partial charge >= 0.3 is 0 Å². The molecule has 0 fully saturated rings. The zero-order valence-corrected chi connectivity index (χ0v) is 30.0. The largest absolute Gasteiger partial charge is 0.456 e. The summed E-state index contributed by atoms with van der Waals surface area (Å²) in [5.41, 5.74) is 9.98. The SMILES string of the molecule is c1ccc(-c2nc(-c3ccccc3)nc(-c3cccc4oc5cc(-c6nc(-c7cccc8c7oc7ccccc78)c7oc8ccccc8c7n6)ccc5c34)n2)cc1. The van der Waals surface area contributed by atoms with Crippen LogP contribution in [-0.4, -0.2) is 24.9 Å². The third-order valence-electron chi connectivity index (χ3n) is 10.6. The summed E-state index contributed by atoms with van der Waals surface area (Å²) in [7, 11) is 0. The van der Waals surface area contributed by atoms with Crippen molar-refractivity contribution in [2.45, 2.75) is 0 Å². The minimum Gasteiger partial charge on any atom is -0.456 e. The second-order valence-electron chi connectivity index (χ2n) is 14.0. The van der Waals surface area contributed by atoms with Gasteiger partial charge in [-0.2, -0.15) is 0 Å². The summed E-state index contributed by atoms with van der Waals surface area (Å²) in [4.78, 5) is 25.3. The molecule has 0 bridgehead atoms. The van der Waals surface area contributed by atoms with Gasteiger partial charge in [0.05, 0.1) is 0 Å². The van der Waals surface area contributed by atoms with Crippen LogP contribution in [0, 0.1) is 0 Å². The van der Waals surface area contributed by atoms with E-state index in [0.29, 0.717) is 40.2 Å². The first-order valence-electron chi connectivity index (χ1n) is 18.7. The van der Waals surface area contributed by atoms with Crippen molar-refractivity contribution < 1.29 is 13.3 Å². The molecular formula is C49H27N5O3. The zero-order chi connectivity index (χ0) is 37.5. The molecule has 0 radical (unpaired) electrons. The minimum absolute atomic E-state index is 0.539. The van der Waals surface area contributed by atoms with E-state index in [4.69, 9.17) is 38.2 Å². The number of fused-ring (bicyclic) bond motifs is 9. The highest BCUT2D eigenvalue weighted by atomic mass is 16.3. The van der Waals surface area contributed by atoms with Gasteiger partial charge in [0.15, 0.2) is 28.9 Å². The Bertz CT molecular complexity index is 3480. The van der Waals surface area contributed by atoms with Crippen LogP contribution in [-0.2, 0) is 0 Å². The molecule has 57 heavy (non-hydrogen) atoms. The van der Waals surface area contributed by atoms with Gasteiger partial charge in [-0.05, 0) is 42.5 Å². The van der Waals surface area contributed by atoms with Gasteiger partial charge in [0.1, 0.15) is 39.1 Å². The van der Waals surface area contributed by atoms with Crippen LogP contribution >= 0.6 is 0 Å². The maximum atomic E-state index is 6.60. The van der Waals surface area contributed by atoms with Gasteiger partial charge in [-0.3, -0.25) is 0 Å². The van der Waals surface area contributed by atoms with Crippen molar-refractivity contribution in [3.05, 3.63) is 164 Å². The lowest BCUT2D eigenvalue weighted by molar-refractivity contribution is 0.662. The van der Waals surface area contributed by atoms with Gasteiger partial charge in [0, 0.05) is 54.7 Å². The molecule has 7 aromatic carbocycles. The van der Waals surface area contributed by atoms with Crippen LogP contribution in [0.15, 0.2) is 177 Å². The molecule has 0 unspecified atom stereocenters. The number of nitrogens with zero attached hydrogens (tertiary/aromatic N) is 5. The van der Waals surface area contributed by atoms with Crippen molar-refractivity contribution >= 4 is 65.9 Å². The van der Waals surface area contributed by atoms with Gasteiger partial charge in [-0.25, -0.2) is 24.9 Å². The molecule has 0 aliphatic carbocycles. The van der Waals surface area contributed by atoms with E-state index in [1.165, 1.54) is 0 Å². The molecule has 266 valence electrons. The van der Waals surface area contributed by atoms with E-state index < -0.39 is 0 Å². The number of benzene rings is 7. The van der Waals surface area contributed by atoms with Crippen LogP contribution in [0.4, 0.5) is 0 Å². The Morgan fingerprint density at radius 3 is 1.67 bits per heavy atom. The number of furan rings is 3. The summed E-state index contributed by atoms with van der Waals surface area (Å²) < 4.78 is 19.6. The van der Waals surface area contributed by atoms with E-state index in [-0.39, 0.29) is 0 Å². The Morgan fingerprint density at radius 1 is 0.316 bits per heavy atom. The number of para-hydroxylation sites is 3. The molecule has 8 nitrogen and oxygen atoms in total. The molecule has 12 aromatic rings. The summed E-state index contributed by atoms with van der Waals surface area (Å²) in [5.74, 6) is 2.29. The quantitative estimate of drug-likeness (QED) is 0.172. The smallest absolute Gasteiger partial charge is 0.180 e. The van der Waals surface area contributed by atoms with E-state index >= 15 is 0 Å². The van der Waals surface area contributed by atoms with Crippen LogP contribution in [0.1, 0.15) is 0 Å². The van der Waals surface area contributed by atoms with Crippen LogP contribution in [0.2, 0.25) is 0 Å². The molecule has 0 saturated heterocycles. The third-order valence-corrected chi connectivity index (χ3v) is 10.6. The summed E-state index contributed by atoms with van der Waals surface area (Å²) in [6.07, 6.45) is 0. The molecule has 0 saturated carbocycles. The lowest BCUT2D eigenvalue weighted by Gasteiger charge is -2.09. The van der Waals surface area contributed by atoms with E-state index in [1.807, 2.05) is 146 Å².